The van der Waals surface area contributed by atoms with Crippen LogP contribution in [0, 0.1) is 13.8 Å². The Morgan fingerprint density at radius 1 is 1.38 bits per heavy atom. The molecule has 0 saturated carbocycles. The molecule has 1 aromatic heterocycles. The number of carbonyl (C=O) groups excluding carboxylic acids is 1. The largest absolute Gasteiger partial charge is 0.482 e. The number of amides is 1. The molecule has 1 aromatic carbocycles. The number of hydrazone groups is 1. The van der Waals surface area contributed by atoms with Gasteiger partial charge in [0.05, 0.1) is 6.61 Å². The summed E-state index contributed by atoms with van der Waals surface area (Å²) >= 11 is 0. The number of nitrogens with zero attached hydrogens (tertiary/aromatic N) is 2. The molecule has 1 heterocycles. The summed E-state index contributed by atoms with van der Waals surface area (Å²) in [6, 6.07) is 7.92. The van der Waals surface area contributed by atoms with Crippen molar-refractivity contribution in [2.75, 3.05) is 6.61 Å². The molecule has 0 aliphatic rings. The Morgan fingerprint density at radius 3 is 2.76 bits per heavy atom. The predicted octanol–water partition coefficient (Wildman–Crippen LogP) is 2.40. The lowest BCUT2D eigenvalue weighted by Crippen LogP contribution is -2.19. The van der Waals surface area contributed by atoms with Crippen molar-refractivity contribution in [3.63, 3.8) is 0 Å². The number of H-pyrrole nitrogens is 1. The van der Waals surface area contributed by atoms with Gasteiger partial charge in [-0.25, -0.2) is 10.4 Å². The lowest BCUT2D eigenvalue weighted by molar-refractivity contribution is 0.0948. The van der Waals surface area contributed by atoms with Crippen molar-refractivity contribution in [3.05, 3.63) is 41.2 Å². The SMILES string of the molecule is CCOC=NNC(=O)c1nc(-c2ccc(C)cc2)[nH]c1C. The topological polar surface area (TPSA) is 79.4 Å². The number of aromatic amines is 1. The lowest BCUT2D eigenvalue weighted by atomic mass is 10.1. The fraction of sp³-hybridized carbons (Fsp3) is 0.267. The Hall–Kier alpha value is -2.63. The summed E-state index contributed by atoms with van der Waals surface area (Å²) in [7, 11) is 0. The molecule has 110 valence electrons. The van der Waals surface area contributed by atoms with Crippen LogP contribution in [0.2, 0.25) is 0 Å². The third-order valence-electron chi connectivity index (χ3n) is 2.88. The van der Waals surface area contributed by atoms with E-state index in [-0.39, 0.29) is 5.91 Å². The van der Waals surface area contributed by atoms with Gasteiger partial charge in [-0.1, -0.05) is 29.8 Å². The van der Waals surface area contributed by atoms with Gasteiger partial charge < -0.3 is 9.72 Å². The summed E-state index contributed by atoms with van der Waals surface area (Å²) in [6.07, 6.45) is 1.20. The van der Waals surface area contributed by atoms with Gasteiger partial charge in [0.1, 0.15) is 5.82 Å². The van der Waals surface area contributed by atoms with Crippen LogP contribution in [0.4, 0.5) is 0 Å². The molecule has 0 fully saturated rings. The van der Waals surface area contributed by atoms with Gasteiger partial charge in [-0.3, -0.25) is 4.79 Å². The van der Waals surface area contributed by atoms with Gasteiger partial charge in [0.25, 0.3) is 5.91 Å². The number of hydrogen-bond acceptors (Lipinski definition) is 4. The van der Waals surface area contributed by atoms with E-state index in [4.69, 9.17) is 4.74 Å². The monoisotopic (exact) mass is 286 g/mol. The minimum atomic E-state index is -0.377. The van der Waals surface area contributed by atoms with Crippen molar-refractivity contribution in [2.45, 2.75) is 20.8 Å². The third-order valence-corrected chi connectivity index (χ3v) is 2.88. The van der Waals surface area contributed by atoms with Crippen LogP contribution in [0.1, 0.15) is 28.7 Å². The van der Waals surface area contributed by atoms with Gasteiger partial charge in [0, 0.05) is 11.3 Å². The van der Waals surface area contributed by atoms with Crippen molar-refractivity contribution in [2.24, 2.45) is 5.10 Å². The molecular weight excluding hydrogens is 268 g/mol. The molecule has 6 nitrogen and oxygen atoms in total. The summed E-state index contributed by atoms with van der Waals surface area (Å²) in [4.78, 5) is 19.4. The maximum Gasteiger partial charge on any atom is 0.291 e. The Bertz CT molecular complexity index is 644. The number of imidazole rings is 1. The van der Waals surface area contributed by atoms with Gasteiger partial charge in [0.15, 0.2) is 12.1 Å². The molecular formula is C15H18N4O2. The van der Waals surface area contributed by atoms with Crippen molar-refractivity contribution in [1.82, 2.24) is 15.4 Å². The van der Waals surface area contributed by atoms with Gasteiger partial charge in [0.2, 0.25) is 0 Å². The Kier molecular flexibility index (Phi) is 4.71. The van der Waals surface area contributed by atoms with Gasteiger partial charge >= 0.3 is 0 Å². The molecule has 6 heteroatoms. The quantitative estimate of drug-likeness (QED) is 0.503. The smallest absolute Gasteiger partial charge is 0.291 e. The molecule has 0 bridgehead atoms. The van der Waals surface area contributed by atoms with Gasteiger partial charge in [-0.05, 0) is 20.8 Å². The third kappa shape index (κ3) is 3.68. The molecule has 0 atom stereocenters. The second-order valence-electron chi connectivity index (χ2n) is 4.56. The molecule has 2 aromatic rings. The minimum absolute atomic E-state index is 0.319. The van der Waals surface area contributed by atoms with E-state index >= 15 is 0 Å². The van der Waals surface area contributed by atoms with Crippen LogP contribution >= 0.6 is 0 Å². The van der Waals surface area contributed by atoms with Crippen LogP contribution in [-0.4, -0.2) is 28.9 Å². The van der Waals surface area contributed by atoms with E-state index in [0.717, 1.165) is 5.56 Å². The highest BCUT2D eigenvalue weighted by Crippen LogP contribution is 2.18. The van der Waals surface area contributed by atoms with E-state index in [1.54, 1.807) is 6.92 Å². The molecule has 21 heavy (non-hydrogen) atoms. The highest BCUT2D eigenvalue weighted by Gasteiger charge is 2.15. The Morgan fingerprint density at radius 2 is 2.10 bits per heavy atom. The number of rotatable bonds is 5. The summed E-state index contributed by atoms with van der Waals surface area (Å²) < 4.78 is 4.90. The standard InChI is InChI=1S/C15H18N4O2/c1-4-21-9-16-19-15(20)13-11(3)17-14(18-13)12-7-5-10(2)6-8-12/h5-9H,4H2,1-3H3,(H,17,18)(H,19,20). The summed E-state index contributed by atoms with van der Waals surface area (Å²) in [5.74, 6) is 0.282. The van der Waals surface area contributed by atoms with E-state index in [1.165, 1.54) is 12.0 Å². The van der Waals surface area contributed by atoms with E-state index < -0.39 is 0 Å². The van der Waals surface area contributed by atoms with Crippen molar-refractivity contribution < 1.29 is 9.53 Å². The first-order valence-corrected chi connectivity index (χ1v) is 6.69. The number of aromatic nitrogens is 2. The highest BCUT2D eigenvalue weighted by molar-refractivity contribution is 5.94. The van der Waals surface area contributed by atoms with E-state index in [9.17, 15) is 4.79 Å². The number of hydrogen-bond donors (Lipinski definition) is 2. The zero-order valence-electron chi connectivity index (χ0n) is 12.3. The fourth-order valence-electron chi connectivity index (χ4n) is 1.78. The minimum Gasteiger partial charge on any atom is -0.482 e. The molecule has 0 unspecified atom stereocenters. The summed E-state index contributed by atoms with van der Waals surface area (Å²) in [6.45, 7) is 6.15. The summed E-state index contributed by atoms with van der Waals surface area (Å²) in [5, 5.41) is 3.67. The van der Waals surface area contributed by atoms with Crippen LogP contribution in [0.5, 0.6) is 0 Å². The molecule has 2 N–H and O–H groups in total. The highest BCUT2D eigenvalue weighted by atomic mass is 16.5. The number of nitrogens with one attached hydrogen (secondary N) is 2. The van der Waals surface area contributed by atoms with Crippen LogP contribution in [-0.2, 0) is 4.74 Å². The van der Waals surface area contributed by atoms with Crippen molar-refractivity contribution >= 4 is 12.3 Å². The first kappa shape index (κ1) is 14.8. The van der Waals surface area contributed by atoms with Crippen LogP contribution < -0.4 is 5.43 Å². The molecule has 0 spiro atoms. The Balaban J connectivity index is 2.15. The number of carbonyl (C=O) groups is 1. The molecule has 0 aliphatic carbocycles. The van der Waals surface area contributed by atoms with E-state index in [2.05, 4.69) is 20.5 Å². The average molecular weight is 286 g/mol. The fourth-order valence-corrected chi connectivity index (χ4v) is 1.78. The lowest BCUT2D eigenvalue weighted by Gasteiger charge is -1.97. The Labute approximate surface area is 123 Å². The molecule has 0 saturated heterocycles. The van der Waals surface area contributed by atoms with Crippen molar-refractivity contribution in [3.8, 4) is 11.4 Å². The second kappa shape index (κ2) is 6.69. The predicted molar refractivity (Wildman–Crippen MR) is 81.1 cm³/mol. The maximum absolute atomic E-state index is 12.0. The number of ether oxygens (including phenoxy) is 1. The zero-order valence-corrected chi connectivity index (χ0v) is 12.3. The normalized spacial score (nSPS) is 10.8. The van der Waals surface area contributed by atoms with E-state index in [1.807, 2.05) is 38.1 Å². The molecule has 1 amide bonds. The zero-order chi connectivity index (χ0) is 15.2. The van der Waals surface area contributed by atoms with Crippen molar-refractivity contribution in [1.29, 1.82) is 0 Å². The molecule has 0 aliphatic heterocycles. The van der Waals surface area contributed by atoms with E-state index in [0.29, 0.717) is 23.8 Å². The first-order chi connectivity index (χ1) is 10.1. The average Bonchev–Trinajstić information content (AvgIpc) is 2.86. The number of aryl methyl sites for hydroxylation is 2. The van der Waals surface area contributed by atoms with Gasteiger partial charge in [-0.2, -0.15) is 0 Å². The van der Waals surface area contributed by atoms with Crippen LogP contribution in [0.15, 0.2) is 29.4 Å². The first-order valence-electron chi connectivity index (χ1n) is 6.69. The van der Waals surface area contributed by atoms with Gasteiger partial charge in [-0.15, -0.1) is 5.10 Å². The van der Waals surface area contributed by atoms with Crippen LogP contribution in [0.25, 0.3) is 11.4 Å². The maximum atomic E-state index is 12.0. The van der Waals surface area contributed by atoms with Crippen LogP contribution in [0.3, 0.4) is 0 Å². The number of benzene rings is 1. The summed E-state index contributed by atoms with van der Waals surface area (Å²) in [5.41, 5.74) is 5.48. The molecule has 2 rings (SSSR count). The second-order valence-corrected chi connectivity index (χ2v) is 4.56. The molecule has 0 radical (unpaired) electrons.